The van der Waals surface area contributed by atoms with Gasteiger partial charge in [0.25, 0.3) is 0 Å². The van der Waals surface area contributed by atoms with Crippen LogP contribution in [-0.4, -0.2) is 22.3 Å². The quantitative estimate of drug-likeness (QED) is 0.855. The number of phenolic OH excluding ortho intramolecular Hbond substituents is 1. The molecule has 116 valence electrons. The van der Waals surface area contributed by atoms with Gasteiger partial charge in [0.05, 0.1) is 19.1 Å². The van der Waals surface area contributed by atoms with Gasteiger partial charge >= 0.3 is 5.97 Å². The molecule has 0 spiro atoms. The Morgan fingerprint density at radius 1 is 1.09 bits per heavy atom. The van der Waals surface area contributed by atoms with Gasteiger partial charge in [-0.05, 0) is 54.3 Å². The first kappa shape index (κ1) is 16.0. The third-order valence-electron chi connectivity index (χ3n) is 3.18. The Labute approximate surface area is 130 Å². The maximum absolute atomic E-state index is 10.8. The molecule has 22 heavy (non-hydrogen) atoms. The molecular formula is C18H20O4. The Hall–Kier alpha value is -2.33. The van der Waals surface area contributed by atoms with E-state index < -0.39 is 5.97 Å². The first-order chi connectivity index (χ1) is 10.4. The highest BCUT2D eigenvalue weighted by atomic mass is 16.5. The summed E-state index contributed by atoms with van der Waals surface area (Å²) in [6.07, 6.45) is 0.0453. The van der Waals surface area contributed by atoms with Crippen molar-refractivity contribution in [1.82, 2.24) is 0 Å². The van der Waals surface area contributed by atoms with Gasteiger partial charge in [-0.1, -0.05) is 24.3 Å². The average Bonchev–Trinajstić information content (AvgIpc) is 2.44. The van der Waals surface area contributed by atoms with E-state index in [-0.39, 0.29) is 18.3 Å². The van der Waals surface area contributed by atoms with Crippen LogP contribution in [0.2, 0.25) is 0 Å². The summed E-state index contributed by atoms with van der Waals surface area (Å²) >= 11 is 0. The van der Waals surface area contributed by atoms with E-state index in [2.05, 4.69) is 0 Å². The van der Waals surface area contributed by atoms with E-state index in [1.54, 1.807) is 12.1 Å². The van der Waals surface area contributed by atoms with Crippen molar-refractivity contribution in [1.29, 1.82) is 0 Å². The topological polar surface area (TPSA) is 66.8 Å². The lowest BCUT2D eigenvalue weighted by Gasteiger charge is -2.10. The Kier molecular flexibility index (Phi) is 5.17. The van der Waals surface area contributed by atoms with Gasteiger partial charge in [-0.2, -0.15) is 0 Å². The van der Waals surface area contributed by atoms with Gasteiger partial charge in [0.2, 0.25) is 0 Å². The summed E-state index contributed by atoms with van der Waals surface area (Å²) in [5, 5.41) is 18.7. The second-order valence-corrected chi connectivity index (χ2v) is 5.52. The molecule has 0 aromatic heterocycles. The zero-order valence-corrected chi connectivity index (χ0v) is 12.7. The van der Waals surface area contributed by atoms with Crippen molar-refractivity contribution in [2.24, 2.45) is 0 Å². The lowest BCUT2D eigenvalue weighted by molar-refractivity contribution is -0.136. The van der Waals surface area contributed by atoms with E-state index in [1.165, 1.54) is 6.07 Å². The minimum absolute atomic E-state index is 0.0672. The molecule has 4 nitrogen and oxygen atoms in total. The smallest absolute Gasteiger partial charge is 0.307 e. The second kappa shape index (κ2) is 7.09. The summed E-state index contributed by atoms with van der Waals surface area (Å²) < 4.78 is 5.59. The summed E-state index contributed by atoms with van der Waals surface area (Å²) in [4.78, 5) is 10.8. The highest BCUT2D eigenvalue weighted by molar-refractivity contribution is 5.73. The molecule has 2 N–H and O–H groups in total. The van der Waals surface area contributed by atoms with E-state index in [1.807, 2.05) is 38.1 Å². The predicted molar refractivity (Wildman–Crippen MR) is 84.8 cm³/mol. The molecule has 0 amide bonds. The second-order valence-electron chi connectivity index (χ2n) is 5.52. The number of carboxylic acids is 1. The summed E-state index contributed by atoms with van der Waals surface area (Å²) in [5.74, 6) is -0.854. The van der Waals surface area contributed by atoms with E-state index in [0.29, 0.717) is 12.2 Å². The van der Waals surface area contributed by atoms with Crippen molar-refractivity contribution in [3.8, 4) is 16.9 Å². The molecular weight excluding hydrogens is 280 g/mol. The number of aromatic hydroxyl groups is 1. The first-order valence-corrected chi connectivity index (χ1v) is 7.19. The number of carbonyl (C=O) groups is 1. The highest BCUT2D eigenvalue weighted by Crippen LogP contribution is 2.26. The zero-order chi connectivity index (χ0) is 16.1. The first-order valence-electron chi connectivity index (χ1n) is 7.19. The van der Waals surface area contributed by atoms with E-state index in [9.17, 15) is 9.90 Å². The van der Waals surface area contributed by atoms with Crippen LogP contribution in [0.5, 0.6) is 5.75 Å². The molecule has 0 aliphatic carbocycles. The number of rotatable bonds is 6. The Bertz CT molecular complexity index is 662. The van der Waals surface area contributed by atoms with Crippen LogP contribution in [0.4, 0.5) is 0 Å². The lowest BCUT2D eigenvalue weighted by Crippen LogP contribution is -2.02. The molecule has 0 saturated carbocycles. The molecule has 0 unspecified atom stereocenters. The summed E-state index contributed by atoms with van der Waals surface area (Å²) in [6, 6.07) is 12.7. The number of carboxylic acid groups (broad SMARTS) is 1. The molecule has 0 fully saturated rings. The Balaban J connectivity index is 2.29. The van der Waals surface area contributed by atoms with E-state index in [0.717, 1.165) is 16.7 Å². The Morgan fingerprint density at radius 3 is 2.50 bits per heavy atom. The van der Waals surface area contributed by atoms with Crippen LogP contribution in [0.1, 0.15) is 25.0 Å². The van der Waals surface area contributed by atoms with Gasteiger partial charge in [-0.15, -0.1) is 0 Å². The van der Waals surface area contributed by atoms with Crippen molar-refractivity contribution >= 4 is 5.97 Å². The molecule has 0 atom stereocenters. The number of ether oxygens (including phenoxy) is 1. The van der Waals surface area contributed by atoms with Gasteiger partial charge < -0.3 is 14.9 Å². The van der Waals surface area contributed by atoms with Crippen molar-refractivity contribution in [3.63, 3.8) is 0 Å². The van der Waals surface area contributed by atoms with Gasteiger partial charge in [0.1, 0.15) is 5.75 Å². The van der Waals surface area contributed by atoms with Crippen molar-refractivity contribution in [3.05, 3.63) is 53.6 Å². The number of hydrogen-bond acceptors (Lipinski definition) is 3. The van der Waals surface area contributed by atoms with E-state index >= 15 is 0 Å². The molecule has 2 aromatic rings. The largest absolute Gasteiger partial charge is 0.508 e. The molecule has 0 heterocycles. The molecule has 0 radical (unpaired) electrons. The number of phenols is 1. The Morgan fingerprint density at radius 2 is 1.82 bits per heavy atom. The third-order valence-corrected chi connectivity index (χ3v) is 3.18. The van der Waals surface area contributed by atoms with Gasteiger partial charge in [0, 0.05) is 0 Å². The van der Waals surface area contributed by atoms with Crippen molar-refractivity contribution < 1.29 is 19.7 Å². The maximum Gasteiger partial charge on any atom is 0.307 e. The van der Waals surface area contributed by atoms with Gasteiger partial charge in [-0.25, -0.2) is 0 Å². The fourth-order valence-electron chi connectivity index (χ4n) is 2.22. The van der Waals surface area contributed by atoms with Crippen LogP contribution in [0.25, 0.3) is 11.1 Å². The lowest BCUT2D eigenvalue weighted by atomic mass is 9.99. The van der Waals surface area contributed by atoms with Gasteiger partial charge in [0.15, 0.2) is 0 Å². The van der Waals surface area contributed by atoms with Crippen LogP contribution in [0.3, 0.4) is 0 Å². The fourth-order valence-corrected chi connectivity index (χ4v) is 2.22. The number of hydrogen-bond donors (Lipinski definition) is 2. The van der Waals surface area contributed by atoms with Crippen LogP contribution in [0.15, 0.2) is 42.5 Å². The predicted octanol–water partition coefficient (Wildman–Crippen LogP) is 3.61. The van der Waals surface area contributed by atoms with Crippen LogP contribution in [0, 0.1) is 0 Å². The maximum atomic E-state index is 10.8. The molecule has 2 rings (SSSR count). The van der Waals surface area contributed by atoms with Crippen LogP contribution < -0.4 is 0 Å². The van der Waals surface area contributed by atoms with Crippen LogP contribution in [-0.2, 0) is 22.6 Å². The van der Waals surface area contributed by atoms with Gasteiger partial charge in [-0.3, -0.25) is 4.79 Å². The third kappa shape index (κ3) is 4.60. The number of aliphatic carboxylic acids is 1. The normalized spacial score (nSPS) is 10.9. The molecule has 4 heteroatoms. The standard InChI is InChI=1S/C18H20O4/c1-12(2)22-11-13-4-3-5-15(6-13)16-7-14(9-18(20)21)8-17(19)10-16/h3-8,10,12,19H,9,11H2,1-2H3,(H,20,21). The average molecular weight is 300 g/mol. The minimum atomic E-state index is -0.921. The van der Waals surface area contributed by atoms with Crippen molar-refractivity contribution in [2.75, 3.05) is 0 Å². The van der Waals surface area contributed by atoms with Crippen LogP contribution >= 0.6 is 0 Å². The van der Waals surface area contributed by atoms with E-state index in [4.69, 9.17) is 9.84 Å². The molecule has 0 aliphatic rings. The number of benzene rings is 2. The molecule has 0 aliphatic heterocycles. The zero-order valence-electron chi connectivity index (χ0n) is 12.7. The summed E-state index contributed by atoms with van der Waals surface area (Å²) in [7, 11) is 0. The monoisotopic (exact) mass is 300 g/mol. The van der Waals surface area contributed by atoms with Crippen molar-refractivity contribution in [2.45, 2.75) is 33.0 Å². The SMILES string of the molecule is CC(C)OCc1cccc(-c2cc(O)cc(CC(=O)O)c2)c1. The molecule has 2 aromatic carbocycles. The highest BCUT2D eigenvalue weighted by Gasteiger charge is 2.07. The molecule has 0 bridgehead atoms. The minimum Gasteiger partial charge on any atom is -0.508 e. The summed E-state index contributed by atoms with van der Waals surface area (Å²) in [5.41, 5.74) is 3.33. The molecule has 0 saturated heterocycles. The summed E-state index contributed by atoms with van der Waals surface area (Å²) in [6.45, 7) is 4.49. The fraction of sp³-hybridized carbons (Fsp3) is 0.278.